The van der Waals surface area contributed by atoms with Crippen molar-refractivity contribution in [1.82, 2.24) is 6.15 Å². The van der Waals surface area contributed by atoms with Crippen LogP contribution in [0.25, 0.3) is 0 Å². The van der Waals surface area contributed by atoms with Gasteiger partial charge in [-0.05, 0) is 6.92 Å². The number of aliphatic hydroxyl groups is 1. The SMILES string of the molecule is CC(O)C(=O)[O-].[NH4+].[O]=[Ti][OH]. The fourth-order valence-corrected chi connectivity index (χ4v) is 0. The van der Waals surface area contributed by atoms with Crippen LogP contribution in [0.15, 0.2) is 0 Å². The van der Waals surface area contributed by atoms with Crippen LogP contribution in [0, 0.1) is 0 Å². The first-order valence-electron chi connectivity index (χ1n) is 1.96. The molecule has 0 aromatic heterocycles. The van der Waals surface area contributed by atoms with Crippen LogP contribution in [0.5, 0.6) is 0 Å². The average Bonchev–Trinajstić information content (AvgIpc) is 1.68. The fourth-order valence-electron chi connectivity index (χ4n) is 0. The van der Waals surface area contributed by atoms with Crippen molar-refractivity contribution in [2.24, 2.45) is 0 Å². The Morgan fingerprint density at radius 3 is 1.80 bits per heavy atom. The van der Waals surface area contributed by atoms with E-state index in [9.17, 15) is 9.90 Å². The van der Waals surface area contributed by atoms with Gasteiger partial charge in [0.2, 0.25) is 0 Å². The van der Waals surface area contributed by atoms with Gasteiger partial charge in [0.1, 0.15) is 0 Å². The molecule has 0 radical (unpaired) electrons. The number of carboxylic acids is 1. The quantitative estimate of drug-likeness (QED) is 0.402. The van der Waals surface area contributed by atoms with Crippen molar-refractivity contribution in [2.45, 2.75) is 13.0 Å². The van der Waals surface area contributed by atoms with Crippen molar-refractivity contribution in [3.05, 3.63) is 0 Å². The minimum atomic E-state index is -1.75. The third-order valence-corrected chi connectivity index (χ3v) is 0.341. The van der Waals surface area contributed by atoms with Gasteiger partial charge in [0.15, 0.2) is 0 Å². The maximum atomic E-state index is 9.34. The molecule has 6 N–H and O–H groups in total. The Kier molecular flexibility index (Phi) is 19.1. The van der Waals surface area contributed by atoms with E-state index in [4.69, 9.17) is 12.1 Å². The molecule has 0 aromatic carbocycles. The molecule has 0 saturated heterocycles. The summed E-state index contributed by atoms with van der Waals surface area (Å²) in [5.41, 5.74) is 0. The molecule has 61 valence electrons. The van der Waals surface area contributed by atoms with E-state index in [1.807, 2.05) is 0 Å². The van der Waals surface area contributed by atoms with Crippen molar-refractivity contribution in [3.63, 3.8) is 0 Å². The molecular formula is C3H10NO5Ti. The molecule has 0 bridgehead atoms. The van der Waals surface area contributed by atoms with Crippen molar-refractivity contribution in [3.8, 4) is 0 Å². The van der Waals surface area contributed by atoms with E-state index in [-0.39, 0.29) is 6.15 Å². The Bertz CT molecular complexity index is 94.9. The van der Waals surface area contributed by atoms with Crippen LogP contribution < -0.4 is 11.3 Å². The zero-order valence-electron chi connectivity index (χ0n) is 5.70. The van der Waals surface area contributed by atoms with Gasteiger partial charge in [-0.1, -0.05) is 0 Å². The Morgan fingerprint density at radius 2 is 1.80 bits per heavy atom. The average molecular weight is 188 g/mol. The molecule has 10 heavy (non-hydrogen) atoms. The molecule has 6 nitrogen and oxygen atoms in total. The van der Waals surface area contributed by atoms with Crippen LogP contribution in [0.2, 0.25) is 0 Å². The van der Waals surface area contributed by atoms with Gasteiger partial charge in [-0.15, -0.1) is 0 Å². The predicted octanol–water partition coefficient (Wildman–Crippen LogP) is -2.18. The number of carbonyl (C=O) groups excluding carboxylic acids is 1. The van der Waals surface area contributed by atoms with Gasteiger partial charge in [-0.25, -0.2) is 0 Å². The van der Waals surface area contributed by atoms with E-state index >= 15 is 0 Å². The molecule has 0 aliphatic rings. The third-order valence-electron chi connectivity index (χ3n) is 0.341. The topological polar surface area (TPSA) is 134 Å². The van der Waals surface area contributed by atoms with E-state index in [1.165, 1.54) is 0 Å². The second-order valence-corrected chi connectivity index (χ2v) is 1.37. The summed E-state index contributed by atoms with van der Waals surface area (Å²) in [6.07, 6.45) is -1.34. The first-order valence-corrected chi connectivity index (χ1v) is 3.30. The molecule has 0 fully saturated rings. The van der Waals surface area contributed by atoms with Gasteiger partial charge in [0, 0.05) is 0 Å². The normalized spacial score (nSPS) is 9.10. The summed E-state index contributed by atoms with van der Waals surface area (Å²) in [5.74, 6) is -1.44. The molecule has 0 saturated carbocycles. The number of carboxylic acid groups (broad SMARTS) is 1. The van der Waals surface area contributed by atoms with Gasteiger partial charge in [0.05, 0.1) is 12.1 Å². The number of quaternary nitrogens is 1. The molecule has 0 aliphatic carbocycles. The van der Waals surface area contributed by atoms with Crippen LogP contribution in [0.3, 0.4) is 0 Å². The zero-order valence-corrected chi connectivity index (χ0v) is 7.26. The number of aliphatic hydroxyl groups excluding tert-OH is 1. The summed E-state index contributed by atoms with van der Waals surface area (Å²) < 4.78 is 15.8. The summed E-state index contributed by atoms with van der Waals surface area (Å²) in [4.78, 5) is 9.34. The number of aliphatic carboxylic acids is 1. The van der Waals surface area contributed by atoms with Crippen molar-refractivity contribution < 1.29 is 41.5 Å². The Morgan fingerprint density at radius 1 is 1.70 bits per heavy atom. The van der Waals surface area contributed by atoms with Crippen LogP contribution in [-0.2, 0) is 27.6 Å². The summed E-state index contributed by atoms with van der Waals surface area (Å²) in [6.45, 7) is 1.13. The van der Waals surface area contributed by atoms with E-state index in [1.54, 1.807) is 0 Å². The molecular weight excluding hydrogens is 178 g/mol. The summed E-state index contributed by atoms with van der Waals surface area (Å²) in [6, 6.07) is 0. The van der Waals surface area contributed by atoms with Crippen LogP contribution >= 0.6 is 0 Å². The summed E-state index contributed by atoms with van der Waals surface area (Å²) in [7, 11) is 0. The zero-order chi connectivity index (χ0) is 7.86. The van der Waals surface area contributed by atoms with Gasteiger partial charge in [0.25, 0.3) is 0 Å². The van der Waals surface area contributed by atoms with E-state index in [0.717, 1.165) is 6.92 Å². The standard InChI is InChI=1S/C3H6O3.H3N.H2O.O.Ti/c1-2(4)3(5)6;;;;/h2,4H,1H3,(H,5,6);1H3;1H2;;/q;;;;+1/p-1. The Labute approximate surface area is 67.2 Å². The van der Waals surface area contributed by atoms with E-state index in [0.29, 0.717) is 0 Å². The summed E-state index contributed by atoms with van der Waals surface area (Å²) in [5, 5.41) is 17.3. The van der Waals surface area contributed by atoms with Crippen molar-refractivity contribution >= 4 is 5.97 Å². The second-order valence-electron chi connectivity index (χ2n) is 1.09. The van der Waals surface area contributed by atoms with Crippen LogP contribution in [-0.4, -0.2) is 20.9 Å². The molecule has 0 rings (SSSR count). The van der Waals surface area contributed by atoms with Gasteiger partial charge in [-0.2, -0.15) is 0 Å². The van der Waals surface area contributed by atoms with E-state index < -0.39 is 31.6 Å². The molecule has 0 spiro atoms. The molecule has 7 heteroatoms. The Hall–Kier alpha value is -0.136. The monoisotopic (exact) mass is 188 g/mol. The number of hydrogen-bond acceptors (Lipinski definition) is 4. The number of hydrogen-bond donors (Lipinski definition) is 3. The van der Waals surface area contributed by atoms with Gasteiger partial charge in [-0.3, -0.25) is 0 Å². The second kappa shape index (κ2) is 11.6. The first-order chi connectivity index (χ1) is 4.06. The van der Waals surface area contributed by atoms with Gasteiger partial charge >= 0.3 is 26.5 Å². The molecule has 0 aromatic rings. The molecule has 0 heterocycles. The molecule has 0 amide bonds. The van der Waals surface area contributed by atoms with Crippen molar-refractivity contribution in [2.75, 3.05) is 0 Å². The third kappa shape index (κ3) is 24.8. The van der Waals surface area contributed by atoms with E-state index in [2.05, 4.69) is 0 Å². The summed E-state index contributed by atoms with van der Waals surface area (Å²) >= 11 is -1.75. The molecule has 1 atom stereocenters. The van der Waals surface area contributed by atoms with Crippen LogP contribution in [0.4, 0.5) is 0 Å². The predicted molar refractivity (Wildman–Crippen MR) is 25.6 cm³/mol. The molecule has 0 aliphatic heterocycles. The minimum absolute atomic E-state index is 0. The number of rotatable bonds is 1. The van der Waals surface area contributed by atoms with Crippen LogP contribution in [0.1, 0.15) is 6.92 Å². The Balaban J connectivity index is -0.000000107. The maximum absolute atomic E-state index is 9.34. The number of carbonyl (C=O) groups is 1. The molecule has 1 unspecified atom stereocenters. The van der Waals surface area contributed by atoms with Gasteiger partial charge < -0.3 is 21.2 Å². The first kappa shape index (κ1) is 16.4. The fraction of sp³-hybridized carbons (Fsp3) is 0.667. The van der Waals surface area contributed by atoms with Crippen molar-refractivity contribution in [1.29, 1.82) is 0 Å².